The predicted octanol–water partition coefficient (Wildman–Crippen LogP) is 3.80. The summed E-state index contributed by atoms with van der Waals surface area (Å²) in [4.78, 5) is 18.6. The summed E-state index contributed by atoms with van der Waals surface area (Å²) in [6.45, 7) is 6.55. The number of hydrogen-bond donors (Lipinski definition) is 0. The van der Waals surface area contributed by atoms with E-state index in [0.717, 1.165) is 11.1 Å². The highest BCUT2D eigenvalue weighted by atomic mass is 16.5. The maximum Gasteiger partial charge on any atom is 0.260 e. The van der Waals surface area contributed by atoms with Crippen LogP contribution in [0, 0.1) is 13.8 Å². The van der Waals surface area contributed by atoms with Crippen LogP contribution >= 0.6 is 0 Å². The number of methoxy groups -OCH3 is 2. The van der Waals surface area contributed by atoms with E-state index >= 15 is 0 Å². The van der Waals surface area contributed by atoms with Gasteiger partial charge in [-0.2, -0.15) is 4.98 Å². The van der Waals surface area contributed by atoms with Gasteiger partial charge in [0.1, 0.15) is 12.3 Å². The molecule has 2 aromatic carbocycles. The molecule has 0 atom stereocenters. The number of nitrogens with zero attached hydrogens (tertiary/aromatic N) is 3. The first-order valence-electron chi connectivity index (χ1n) is 9.98. The van der Waals surface area contributed by atoms with Crippen molar-refractivity contribution < 1.29 is 23.5 Å². The lowest BCUT2D eigenvalue weighted by Crippen LogP contribution is -2.34. The summed E-state index contributed by atoms with van der Waals surface area (Å²) in [5, 5.41) is 4.02. The fraction of sp³-hybridized carbons (Fsp3) is 0.348. The fourth-order valence-electron chi connectivity index (χ4n) is 2.99. The summed E-state index contributed by atoms with van der Waals surface area (Å²) < 4.78 is 21.6. The van der Waals surface area contributed by atoms with Crippen molar-refractivity contribution in [1.29, 1.82) is 0 Å². The number of benzene rings is 2. The van der Waals surface area contributed by atoms with Crippen LogP contribution in [0.5, 0.6) is 17.2 Å². The molecule has 0 saturated carbocycles. The molecule has 0 spiro atoms. The summed E-state index contributed by atoms with van der Waals surface area (Å²) >= 11 is 0. The molecule has 1 aromatic heterocycles. The Bertz CT molecular complexity index is 1050. The SMILES string of the molecule is CCN(Cc1nc(-c2ccc(OC)c(OC)c2)no1)C(=O)COc1ccc(C)c(C)c1. The van der Waals surface area contributed by atoms with E-state index in [0.29, 0.717) is 35.5 Å². The molecule has 3 aromatic rings. The minimum atomic E-state index is -0.161. The lowest BCUT2D eigenvalue weighted by Gasteiger charge is -2.19. The van der Waals surface area contributed by atoms with Gasteiger partial charge in [0, 0.05) is 12.1 Å². The molecule has 8 heteroatoms. The Morgan fingerprint density at radius 1 is 1.03 bits per heavy atom. The Morgan fingerprint density at radius 2 is 1.81 bits per heavy atom. The van der Waals surface area contributed by atoms with Gasteiger partial charge >= 0.3 is 0 Å². The van der Waals surface area contributed by atoms with Crippen molar-refractivity contribution >= 4 is 5.91 Å². The lowest BCUT2D eigenvalue weighted by molar-refractivity contribution is -0.134. The van der Waals surface area contributed by atoms with Crippen molar-refractivity contribution in [3.8, 4) is 28.6 Å². The van der Waals surface area contributed by atoms with Crippen molar-refractivity contribution in [2.45, 2.75) is 27.3 Å². The third-order valence-electron chi connectivity index (χ3n) is 5.01. The molecule has 164 valence electrons. The van der Waals surface area contributed by atoms with E-state index in [2.05, 4.69) is 10.1 Å². The first-order valence-corrected chi connectivity index (χ1v) is 9.98. The molecule has 0 N–H and O–H groups in total. The molecule has 0 unspecified atom stereocenters. The van der Waals surface area contributed by atoms with Gasteiger partial charge in [-0.25, -0.2) is 0 Å². The standard InChI is InChI=1S/C23H27N3O5/c1-6-26(22(27)14-30-18-9-7-15(2)16(3)11-18)13-21-24-23(25-31-21)17-8-10-19(28-4)20(12-17)29-5/h7-12H,6,13-14H2,1-5H3. The van der Waals surface area contributed by atoms with E-state index in [1.807, 2.05) is 45.0 Å². The van der Waals surface area contributed by atoms with Gasteiger partial charge in [0.05, 0.1) is 14.2 Å². The van der Waals surface area contributed by atoms with E-state index in [9.17, 15) is 4.79 Å². The summed E-state index contributed by atoms with van der Waals surface area (Å²) in [5.74, 6) is 2.44. The number of aromatic nitrogens is 2. The number of amides is 1. The Labute approximate surface area is 181 Å². The van der Waals surface area contributed by atoms with E-state index in [4.69, 9.17) is 18.7 Å². The normalized spacial score (nSPS) is 10.6. The highest BCUT2D eigenvalue weighted by Gasteiger charge is 2.18. The quantitative estimate of drug-likeness (QED) is 0.515. The zero-order chi connectivity index (χ0) is 22.4. The average molecular weight is 425 g/mol. The zero-order valence-electron chi connectivity index (χ0n) is 18.5. The second kappa shape index (κ2) is 9.97. The molecule has 31 heavy (non-hydrogen) atoms. The van der Waals surface area contributed by atoms with Gasteiger partial charge in [-0.3, -0.25) is 4.79 Å². The summed E-state index contributed by atoms with van der Waals surface area (Å²) in [6.07, 6.45) is 0. The van der Waals surface area contributed by atoms with Crippen LogP contribution < -0.4 is 14.2 Å². The van der Waals surface area contributed by atoms with Crippen LogP contribution in [-0.4, -0.2) is 48.3 Å². The minimum absolute atomic E-state index is 0.0625. The minimum Gasteiger partial charge on any atom is -0.493 e. The number of ether oxygens (including phenoxy) is 3. The van der Waals surface area contributed by atoms with Crippen LogP contribution in [0.3, 0.4) is 0 Å². The van der Waals surface area contributed by atoms with Gasteiger partial charge in [-0.05, 0) is 62.2 Å². The van der Waals surface area contributed by atoms with Gasteiger partial charge in [0.2, 0.25) is 11.7 Å². The zero-order valence-corrected chi connectivity index (χ0v) is 18.5. The Morgan fingerprint density at radius 3 is 2.48 bits per heavy atom. The fourth-order valence-corrected chi connectivity index (χ4v) is 2.99. The van der Waals surface area contributed by atoms with Gasteiger partial charge in [0.25, 0.3) is 5.91 Å². The van der Waals surface area contributed by atoms with Crippen molar-refractivity contribution in [2.75, 3.05) is 27.4 Å². The molecule has 3 rings (SSSR count). The maximum absolute atomic E-state index is 12.6. The van der Waals surface area contributed by atoms with Crippen LogP contribution in [0.1, 0.15) is 23.9 Å². The molecule has 1 amide bonds. The predicted molar refractivity (Wildman–Crippen MR) is 115 cm³/mol. The molecule has 8 nitrogen and oxygen atoms in total. The first kappa shape index (κ1) is 22.1. The van der Waals surface area contributed by atoms with Crippen molar-refractivity contribution in [3.05, 3.63) is 53.4 Å². The maximum atomic E-state index is 12.6. The molecular weight excluding hydrogens is 398 g/mol. The first-order chi connectivity index (χ1) is 14.9. The molecule has 0 saturated heterocycles. The van der Waals surface area contributed by atoms with E-state index in [-0.39, 0.29) is 19.1 Å². The van der Waals surface area contributed by atoms with Crippen LogP contribution in [-0.2, 0) is 11.3 Å². The van der Waals surface area contributed by atoms with Gasteiger partial charge in [-0.15, -0.1) is 0 Å². The Balaban J connectivity index is 1.65. The van der Waals surface area contributed by atoms with Crippen LogP contribution in [0.15, 0.2) is 40.9 Å². The number of likely N-dealkylation sites (N-methyl/N-ethyl adjacent to an activating group) is 1. The molecular formula is C23H27N3O5. The second-order valence-electron chi connectivity index (χ2n) is 7.02. The van der Waals surface area contributed by atoms with Crippen molar-refractivity contribution in [3.63, 3.8) is 0 Å². The van der Waals surface area contributed by atoms with E-state index in [1.54, 1.807) is 31.3 Å². The number of carbonyl (C=O) groups excluding carboxylic acids is 1. The third kappa shape index (κ3) is 5.33. The lowest BCUT2D eigenvalue weighted by atomic mass is 10.1. The molecule has 0 aliphatic carbocycles. The number of rotatable bonds is 9. The van der Waals surface area contributed by atoms with Crippen molar-refractivity contribution in [2.24, 2.45) is 0 Å². The molecule has 0 aliphatic rings. The largest absolute Gasteiger partial charge is 0.493 e. The second-order valence-corrected chi connectivity index (χ2v) is 7.02. The molecule has 0 bridgehead atoms. The molecule has 0 aliphatic heterocycles. The summed E-state index contributed by atoms with van der Waals surface area (Å²) in [5.41, 5.74) is 3.02. The topological polar surface area (TPSA) is 86.9 Å². The molecule has 1 heterocycles. The summed E-state index contributed by atoms with van der Waals surface area (Å²) in [6, 6.07) is 11.1. The van der Waals surface area contributed by atoms with E-state index in [1.165, 1.54) is 5.56 Å². The third-order valence-corrected chi connectivity index (χ3v) is 5.01. The average Bonchev–Trinajstić information content (AvgIpc) is 3.26. The smallest absolute Gasteiger partial charge is 0.260 e. The number of carbonyl (C=O) groups is 1. The van der Waals surface area contributed by atoms with Gasteiger partial charge in [0.15, 0.2) is 18.1 Å². The highest BCUT2D eigenvalue weighted by Crippen LogP contribution is 2.31. The number of hydrogen-bond acceptors (Lipinski definition) is 7. The summed E-state index contributed by atoms with van der Waals surface area (Å²) in [7, 11) is 3.14. The van der Waals surface area contributed by atoms with Gasteiger partial charge < -0.3 is 23.6 Å². The number of aryl methyl sites for hydroxylation is 2. The molecule has 0 radical (unpaired) electrons. The highest BCUT2D eigenvalue weighted by molar-refractivity contribution is 5.77. The van der Waals surface area contributed by atoms with Gasteiger partial charge in [-0.1, -0.05) is 11.2 Å². The Hall–Kier alpha value is -3.55. The van der Waals surface area contributed by atoms with Crippen LogP contribution in [0.2, 0.25) is 0 Å². The van der Waals surface area contributed by atoms with E-state index < -0.39 is 0 Å². The van der Waals surface area contributed by atoms with Crippen LogP contribution in [0.4, 0.5) is 0 Å². The Kier molecular flexibility index (Phi) is 7.12. The monoisotopic (exact) mass is 425 g/mol. The van der Waals surface area contributed by atoms with Crippen molar-refractivity contribution in [1.82, 2.24) is 15.0 Å². The van der Waals surface area contributed by atoms with Crippen LogP contribution in [0.25, 0.3) is 11.4 Å². The molecule has 0 fully saturated rings.